The van der Waals surface area contributed by atoms with Gasteiger partial charge in [0.2, 0.25) is 0 Å². The molecule has 4 saturated carbocycles. The van der Waals surface area contributed by atoms with Crippen molar-refractivity contribution in [3.8, 4) is 0 Å². The van der Waals surface area contributed by atoms with Crippen molar-refractivity contribution in [2.75, 3.05) is 6.61 Å². The number of hydrogen-bond donors (Lipinski definition) is 4. The third kappa shape index (κ3) is 2.27. The molecule has 4 N–H and O–H groups in total. The van der Waals surface area contributed by atoms with E-state index in [9.17, 15) is 25.2 Å². The molecule has 4 rings (SSSR count). The van der Waals surface area contributed by atoms with Gasteiger partial charge < -0.3 is 20.4 Å². The first-order valence-corrected chi connectivity index (χ1v) is 10.4. The van der Waals surface area contributed by atoms with Gasteiger partial charge in [-0.05, 0) is 68.1 Å². The molecule has 0 aromatic heterocycles. The second-order valence-corrected chi connectivity index (χ2v) is 10.2. The molecule has 0 aliphatic heterocycles. The van der Waals surface area contributed by atoms with Gasteiger partial charge in [0, 0.05) is 17.8 Å². The topological polar surface area (TPSA) is 98.0 Å². The summed E-state index contributed by atoms with van der Waals surface area (Å²) >= 11 is 0. The summed E-state index contributed by atoms with van der Waals surface area (Å²) in [5.74, 6) is 1.10. The minimum absolute atomic E-state index is 0.0143. The monoisotopic (exact) mass is 366 g/mol. The van der Waals surface area contributed by atoms with E-state index in [1.165, 1.54) is 0 Å². The highest BCUT2D eigenvalue weighted by Crippen LogP contribution is 2.67. The van der Waals surface area contributed by atoms with Gasteiger partial charge in [0.15, 0.2) is 0 Å². The average molecular weight is 366 g/mol. The lowest BCUT2D eigenvalue weighted by Crippen LogP contribution is -2.63. The summed E-state index contributed by atoms with van der Waals surface area (Å²) in [5, 5.41) is 41.2. The molecule has 4 aliphatic carbocycles. The van der Waals surface area contributed by atoms with Crippen molar-refractivity contribution >= 4 is 5.78 Å². The van der Waals surface area contributed by atoms with Gasteiger partial charge in [0.05, 0.1) is 18.3 Å². The summed E-state index contributed by atoms with van der Waals surface area (Å²) in [7, 11) is 0. The number of ketones is 1. The first-order valence-electron chi connectivity index (χ1n) is 10.4. The fourth-order valence-corrected chi connectivity index (χ4v) is 7.79. The molecule has 0 bridgehead atoms. The normalized spacial score (nSPS) is 55.0. The van der Waals surface area contributed by atoms with E-state index in [1.807, 2.05) is 6.92 Å². The van der Waals surface area contributed by atoms with Crippen LogP contribution < -0.4 is 0 Å². The Morgan fingerprint density at radius 3 is 2.58 bits per heavy atom. The van der Waals surface area contributed by atoms with Crippen LogP contribution in [0.25, 0.3) is 0 Å². The third-order valence-corrected chi connectivity index (χ3v) is 9.27. The zero-order chi connectivity index (χ0) is 18.9. The van der Waals surface area contributed by atoms with E-state index < -0.39 is 23.7 Å². The van der Waals surface area contributed by atoms with Crippen LogP contribution in [-0.4, -0.2) is 50.6 Å². The highest BCUT2D eigenvalue weighted by molar-refractivity contribution is 5.84. The van der Waals surface area contributed by atoms with E-state index in [2.05, 4.69) is 6.92 Å². The summed E-state index contributed by atoms with van der Waals surface area (Å²) in [6.07, 6.45) is 4.61. The van der Waals surface area contributed by atoms with Gasteiger partial charge in [-0.2, -0.15) is 0 Å². The average Bonchev–Trinajstić information content (AvgIpc) is 2.86. The van der Waals surface area contributed by atoms with Gasteiger partial charge in [-0.15, -0.1) is 0 Å². The molecule has 4 fully saturated rings. The Balaban J connectivity index is 1.69. The van der Waals surface area contributed by atoms with Crippen molar-refractivity contribution in [1.29, 1.82) is 0 Å². The Morgan fingerprint density at radius 2 is 1.88 bits per heavy atom. The SMILES string of the molecule is C[C@]12CCC(O)CC1CC[C@@H]1[C@@H]2C(=O)C[C@@]2(C)[C@H]1CC[C@]2(O)C(O)CO. The number of rotatable bonds is 2. The second kappa shape index (κ2) is 6.00. The van der Waals surface area contributed by atoms with E-state index in [4.69, 9.17) is 0 Å². The van der Waals surface area contributed by atoms with Crippen LogP contribution >= 0.6 is 0 Å². The molecule has 4 aliphatic rings. The maximum absolute atomic E-state index is 13.4. The predicted octanol–water partition coefficient (Wildman–Crippen LogP) is 1.65. The maximum atomic E-state index is 13.4. The quantitative estimate of drug-likeness (QED) is 0.596. The van der Waals surface area contributed by atoms with Crippen LogP contribution in [0.1, 0.15) is 65.2 Å². The van der Waals surface area contributed by atoms with Crippen molar-refractivity contribution in [2.24, 2.45) is 34.5 Å². The first kappa shape index (κ1) is 18.9. The van der Waals surface area contributed by atoms with E-state index in [1.54, 1.807) is 0 Å². The Morgan fingerprint density at radius 1 is 1.15 bits per heavy atom. The zero-order valence-corrected chi connectivity index (χ0v) is 16.0. The highest BCUT2D eigenvalue weighted by atomic mass is 16.4. The molecule has 26 heavy (non-hydrogen) atoms. The molecular weight excluding hydrogens is 332 g/mol. The number of carbonyl (C=O) groups excluding carboxylic acids is 1. The van der Waals surface area contributed by atoms with Crippen molar-refractivity contribution in [3.05, 3.63) is 0 Å². The van der Waals surface area contributed by atoms with Crippen LogP contribution in [0.3, 0.4) is 0 Å². The van der Waals surface area contributed by atoms with Crippen LogP contribution in [0, 0.1) is 34.5 Å². The molecule has 0 heterocycles. The van der Waals surface area contributed by atoms with Gasteiger partial charge in [-0.25, -0.2) is 0 Å². The van der Waals surface area contributed by atoms with E-state index in [0.29, 0.717) is 12.3 Å². The number of aliphatic hydroxyl groups excluding tert-OH is 3. The van der Waals surface area contributed by atoms with Crippen LogP contribution in [0.15, 0.2) is 0 Å². The minimum atomic E-state index is -1.38. The summed E-state index contributed by atoms with van der Waals surface area (Å²) in [5.41, 5.74) is -2.09. The number of Topliss-reactive ketones (excluding diaryl/α,β-unsaturated/α-hetero) is 1. The molecule has 0 aromatic rings. The Bertz CT molecular complexity index is 593. The molecule has 0 radical (unpaired) electrons. The van der Waals surface area contributed by atoms with Crippen molar-refractivity contribution in [2.45, 2.75) is 83.0 Å². The lowest BCUT2D eigenvalue weighted by atomic mass is 9.44. The van der Waals surface area contributed by atoms with Gasteiger partial charge in [-0.3, -0.25) is 4.79 Å². The molecule has 0 spiro atoms. The third-order valence-electron chi connectivity index (χ3n) is 9.27. The van der Waals surface area contributed by atoms with Gasteiger partial charge in [-0.1, -0.05) is 13.8 Å². The molecule has 5 heteroatoms. The molecule has 0 amide bonds. The standard InChI is InChI=1S/C21H34O5/c1-19-7-5-13(23)9-12(19)3-4-14-15-6-8-21(26,17(25)11-22)20(15,2)10-16(24)18(14)19/h12-15,17-18,22-23,25-26H,3-11H2,1-2H3/t12?,13?,14-,15-,17?,18+,19-,20-,21-/m0/s1. The molecular formula is C21H34O5. The largest absolute Gasteiger partial charge is 0.394 e. The Hall–Kier alpha value is -0.490. The highest BCUT2D eigenvalue weighted by Gasteiger charge is 2.68. The smallest absolute Gasteiger partial charge is 0.137 e. The first-order chi connectivity index (χ1) is 12.2. The summed E-state index contributed by atoms with van der Waals surface area (Å²) in [6.45, 7) is 3.74. The summed E-state index contributed by atoms with van der Waals surface area (Å²) < 4.78 is 0. The lowest BCUT2D eigenvalue weighted by Gasteiger charge is -2.60. The van der Waals surface area contributed by atoms with Crippen LogP contribution in [0.5, 0.6) is 0 Å². The van der Waals surface area contributed by atoms with E-state index >= 15 is 0 Å². The molecule has 148 valence electrons. The molecule has 5 nitrogen and oxygen atoms in total. The van der Waals surface area contributed by atoms with E-state index in [0.717, 1.165) is 38.5 Å². The minimum Gasteiger partial charge on any atom is -0.394 e. The number of aliphatic hydroxyl groups is 4. The lowest BCUT2D eigenvalue weighted by molar-refractivity contribution is -0.196. The van der Waals surface area contributed by atoms with Gasteiger partial charge in [0.25, 0.3) is 0 Å². The van der Waals surface area contributed by atoms with E-state index in [-0.39, 0.29) is 41.5 Å². The predicted molar refractivity (Wildman–Crippen MR) is 96.2 cm³/mol. The molecule has 0 aromatic carbocycles. The maximum Gasteiger partial charge on any atom is 0.137 e. The molecule has 3 unspecified atom stereocenters. The second-order valence-electron chi connectivity index (χ2n) is 10.2. The fourth-order valence-electron chi connectivity index (χ4n) is 7.79. The summed E-state index contributed by atoms with van der Waals surface area (Å²) in [6, 6.07) is 0. The van der Waals surface area contributed by atoms with Gasteiger partial charge in [0.1, 0.15) is 11.9 Å². The van der Waals surface area contributed by atoms with Crippen LogP contribution in [-0.2, 0) is 4.79 Å². The van der Waals surface area contributed by atoms with Gasteiger partial charge >= 0.3 is 0 Å². The van der Waals surface area contributed by atoms with Crippen molar-refractivity contribution in [1.82, 2.24) is 0 Å². The van der Waals surface area contributed by atoms with Crippen LogP contribution in [0.2, 0.25) is 0 Å². The van der Waals surface area contributed by atoms with Crippen LogP contribution in [0.4, 0.5) is 0 Å². The number of carbonyl (C=O) groups is 1. The zero-order valence-electron chi connectivity index (χ0n) is 16.0. The number of hydrogen-bond acceptors (Lipinski definition) is 5. The van der Waals surface area contributed by atoms with Crippen molar-refractivity contribution < 1.29 is 25.2 Å². The number of fused-ring (bicyclic) bond motifs is 5. The fraction of sp³-hybridized carbons (Fsp3) is 0.952. The molecule has 0 saturated heterocycles. The molecule has 9 atom stereocenters. The Kier molecular flexibility index (Phi) is 4.35. The Labute approximate surface area is 155 Å². The van der Waals surface area contributed by atoms with Crippen molar-refractivity contribution in [3.63, 3.8) is 0 Å². The summed E-state index contributed by atoms with van der Waals surface area (Å²) in [4.78, 5) is 13.4.